The zero-order valence-corrected chi connectivity index (χ0v) is 22.7. The predicted molar refractivity (Wildman–Crippen MR) is 146 cm³/mol. The second-order valence-electron chi connectivity index (χ2n) is 9.44. The molecule has 0 bridgehead atoms. The summed E-state index contributed by atoms with van der Waals surface area (Å²) in [5, 5.41) is 3.64. The van der Waals surface area contributed by atoms with Gasteiger partial charge in [0.15, 0.2) is 0 Å². The van der Waals surface area contributed by atoms with E-state index in [1.165, 1.54) is 141 Å². The van der Waals surface area contributed by atoms with Gasteiger partial charge in [-0.15, -0.1) is 0 Å². The van der Waals surface area contributed by atoms with Crippen molar-refractivity contribution in [1.29, 1.82) is 0 Å². The molecular weight excluding hydrogens is 446 g/mol. The van der Waals surface area contributed by atoms with E-state index in [0.717, 1.165) is 0 Å². The van der Waals surface area contributed by atoms with Gasteiger partial charge in [0.1, 0.15) is 0 Å². The SMILES string of the molecule is CCCCCCCCCCCNCCCCCCCCCCCc1ccccc1.O=S(=O)(O)O. The van der Waals surface area contributed by atoms with Crippen LogP contribution in [-0.2, 0) is 16.8 Å². The topological polar surface area (TPSA) is 86.6 Å². The Labute approximate surface area is 211 Å². The van der Waals surface area contributed by atoms with Crippen LogP contribution in [-0.4, -0.2) is 30.6 Å². The molecule has 1 rings (SSSR count). The summed E-state index contributed by atoms with van der Waals surface area (Å²) in [6.45, 7) is 4.76. The van der Waals surface area contributed by atoms with E-state index < -0.39 is 10.4 Å². The van der Waals surface area contributed by atoms with Crippen LogP contribution in [0.15, 0.2) is 30.3 Å². The van der Waals surface area contributed by atoms with Crippen molar-refractivity contribution in [3.63, 3.8) is 0 Å². The van der Waals surface area contributed by atoms with E-state index in [9.17, 15) is 0 Å². The van der Waals surface area contributed by atoms with Crippen LogP contribution in [0.5, 0.6) is 0 Å². The van der Waals surface area contributed by atoms with Crippen molar-refractivity contribution >= 4 is 10.4 Å². The molecule has 0 spiro atoms. The molecule has 0 aliphatic heterocycles. The maximum atomic E-state index is 8.74. The fourth-order valence-corrected chi connectivity index (χ4v) is 4.15. The van der Waals surface area contributed by atoms with Gasteiger partial charge in [-0.3, -0.25) is 9.11 Å². The smallest absolute Gasteiger partial charge is 0.317 e. The van der Waals surface area contributed by atoms with E-state index >= 15 is 0 Å². The average Bonchev–Trinajstić information content (AvgIpc) is 2.80. The largest absolute Gasteiger partial charge is 0.394 e. The van der Waals surface area contributed by atoms with Crippen molar-refractivity contribution in [1.82, 2.24) is 5.32 Å². The second kappa shape index (κ2) is 25.2. The third kappa shape index (κ3) is 31.0. The summed E-state index contributed by atoms with van der Waals surface area (Å²) >= 11 is 0. The van der Waals surface area contributed by atoms with Crippen LogP contribution < -0.4 is 5.32 Å². The minimum atomic E-state index is -4.67. The Hall–Kier alpha value is -0.950. The first-order valence-corrected chi connectivity index (χ1v) is 15.3. The van der Waals surface area contributed by atoms with Crippen LogP contribution in [0.2, 0.25) is 0 Å². The Bertz CT molecular complexity index is 615. The normalized spacial score (nSPS) is 11.3. The fourth-order valence-electron chi connectivity index (χ4n) is 4.15. The molecule has 34 heavy (non-hydrogen) atoms. The lowest BCUT2D eigenvalue weighted by atomic mass is 10.0. The highest BCUT2D eigenvalue weighted by Crippen LogP contribution is 2.12. The zero-order valence-electron chi connectivity index (χ0n) is 21.9. The third-order valence-electron chi connectivity index (χ3n) is 6.12. The molecule has 0 aromatic heterocycles. The van der Waals surface area contributed by atoms with E-state index in [-0.39, 0.29) is 0 Å². The number of unbranched alkanes of at least 4 members (excludes halogenated alkanes) is 16. The Kier molecular flexibility index (Phi) is 24.4. The summed E-state index contributed by atoms with van der Waals surface area (Å²) in [6, 6.07) is 10.9. The third-order valence-corrected chi connectivity index (χ3v) is 6.12. The monoisotopic (exact) mass is 499 g/mol. The number of hydrogen-bond donors (Lipinski definition) is 3. The number of rotatable bonds is 22. The van der Waals surface area contributed by atoms with Crippen molar-refractivity contribution in [3.05, 3.63) is 35.9 Å². The Morgan fingerprint density at radius 1 is 0.588 bits per heavy atom. The van der Waals surface area contributed by atoms with Gasteiger partial charge >= 0.3 is 10.4 Å². The second-order valence-corrected chi connectivity index (χ2v) is 10.3. The van der Waals surface area contributed by atoms with Gasteiger partial charge in [-0.2, -0.15) is 8.42 Å². The zero-order chi connectivity index (χ0) is 25.2. The van der Waals surface area contributed by atoms with Crippen molar-refractivity contribution < 1.29 is 17.5 Å². The van der Waals surface area contributed by atoms with E-state index in [0.29, 0.717) is 0 Å². The van der Waals surface area contributed by atoms with E-state index in [1.807, 2.05) is 0 Å². The first kappa shape index (κ1) is 33.0. The van der Waals surface area contributed by atoms with Gasteiger partial charge in [0, 0.05) is 0 Å². The summed E-state index contributed by atoms with van der Waals surface area (Å²) in [5.41, 5.74) is 1.50. The van der Waals surface area contributed by atoms with Crippen LogP contribution in [0.4, 0.5) is 0 Å². The Balaban J connectivity index is 0.00000196. The first-order chi connectivity index (χ1) is 16.4. The molecule has 0 aliphatic carbocycles. The van der Waals surface area contributed by atoms with Crippen molar-refractivity contribution in [2.75, 3.05) is 13.1 Å². The summed E-state index contributed by atoms with van der Waals surface area (Å²) in [6.07, 6.45) is 26.8. The molecule has 0 fully saturated rings. The summed E-state index contributed by atoms with van der Waals surface area (Å²) < 4.78 is 31.6. The van der Waals surface area contributed by atoms with Gasteiger partial charge < -0.3 is 5.32 Å². The maximum absolute atomic E-state index is 8.74. The number of benzene rings is 1. The van der Waals surface area contributed by atoms with Gasteiger partial charge in [0.25, 0.3) is 0 Å². The van der Waals surface area contributed by atoms with E-state index in [1.54, 1.807) is 0 Å². The van der Waals surface area contributed by atoms with Crippen molar-refractivity contribution in [2.45, 2.75) is 129 Å². The van der Waals surface area contributed by atoms with Crippen LogP contribution >= 0.6 is 0 Å². The average molecular weight is 500 g/mol. The van der Waals surface area contributed by atoms with Gasteiger partial charge in [0.2, 0.25) is 0 Å². The molecule has 0 saturated carbocycles. The lowest BCUT2D eigenvalue weighted by molar-refractivity contribution is 0.381. The van der Waals surface area contributed by atoms with E-state index in [4.69, 9.17) is 17.5 Å². The molecule has 0 unspecified atom stereocenters. The molecule has 3 N–H and O–H groups in total. The molecule has 6 heteroatoms. The lowest BCUT2D eigenvalue weighted by Gasteiger charge is -2.06. The highest BCUT2D eigenvalue weighted by atomic mass is 32.3. The van der Waals surface area contributed by atoms with Crippen LogP contribution in [0, 0.1) is 0 Å². The van der Waals surface area contributed by atoms with Crippen LogP contribution in [0.25, 0.3) is 0 Å². The van der Waals surface area contributed by atoms with Crippen LogP contribution in [0.3, 0.4) is 0 Å². The molecule has 0 aliphatic rings. The predicted octanol–water partition coefficient (Wildman–Crippen LogP) is 8.21. The molecule has 1 aromatic carbocycles. The molecule has 200 valence electrons. The minimum Gasteiger partial charge on any atom is -0.317 e. The Morgan fingerprint density at radius 3 is 1.35 bits per heavy atom. The Morgan fingerprint density at radius 2 is 0.941 bits per heavy atom. The van der Waals surface area contributed by atoms with Crippen molar-refractivity contribution in [2.24, 2.45) is 0 Å². The van der Waals surface area contributed by atoms with Crippen molar-refractivity contribution in [3.8, 4) is 0 Å². The number of aryl methyl sites for hydroxylation is 1. The van der Waals surface area contributed by atoms with Gasteiger partial charge in [-0.05, 0) is 44.3 Å². The quantitative estimate of drug-likeness (QED) is 0.110. The molecule has 0 atom stereocenters. The molecular formula is C28H53NO4S. The molecule has 1 aromatic rings. The minimum absolute atomic E-state index is 1.23. The van der Waals surface area contributed by atoms with Gasteiger partial charge in [-0.25, -0.2) is 0 Å². The first-order valence-electron chi connectivity index (χ1n) is 13.9. The number of hydrogen-bond acceptors (Lipinski definition) is 3. The van der Waals surface area contributed by atoms with Gasteiger partial charge in [0.05, 0.1) is 0 Å². The fraction of sp³-hybridized carbons (Fsp3) is 0.786. The maximum Gasteiger partial charge on any atom is 0.394 e. The number of nitrogens with one attached hydrogen (secondary N) is 1. The highest BCUT2D eigenvalue weighted by molar-refractivity contribution is 7.79. The molecule has 0 amide bonds. The van der Waals surface area contributed by atoms with Gasteiger partial charge in [-0.1, -0.05) is 134 Å². The summed E-state index contributed by atoms with van der Waals surface area (Å²) in [5.74, 6) is 0. The molecule has 5 nitrogen and oxygen atoms in total. The molecule has 0 saturated heterocycles. The van der Waals surface area contributed by atoms with Crippen LogP contribution in [0.1, 0.15) is 128 Å². The lowest BCUT2D eigenvalue weighted by Crippen LogP contribution is -2.16. The summed E-state index contributed by atoms with van der Waals surface area (Å²) in [4.78, 5) is 0. The van der Waals surface area contributed by atoms with E-state index in [2.05, 4.69) is 42.6 Å². The standard InChI is InChI=1S/C28H51N.H2O4S/c1-2-3-4-5-6-9-12-15-21-26-29-27-22-16-13-10-7-8-11-14-18-23-28-24-19-17-20-25-28;1-5(2,3)4/h17,19-20,24-25,29H,2-16,18,21-23,26-27H2,1H3;(H2,1,2,3,4). The summed E-state index contributed by atoms with van der Waals surface area (Å²) in [7, 11) is -4.67. The highest BCUT2D eigenvalue weighted by Gasteiger charge is 1.96. The molecule has 0 radical (unpaired) electrons. The molecule has 0 heterocycles.